The SMILES string of the molecule is CC(C)(C)CC(O)CO.O=C(O)CS.O=C(O)CS.[B]. The number of aliphatic carboxylic acids is 2. The molecular weight excluding hydrogens is 303 g/mol. The van der Waals surface area contributed by atoms with Gasteiger partial charge < -0.3 is 20.4 Å². The van der Waals surface area contributed by atoms with E-state index in [1.807, 2.05) is 20.8 Å². The van der Waals surface area contributed by atoms with E-state index < -0.39 is 18.0 Å². The molecule has 0 aliphatic rings. The molecule has 6 nitrogen and oxygen atoms in total. The van der Waals surface area contributed by atoms with Crippen molar-refractivity contribution in [1.82, 2.24) is 0 Å². The number of aliphatic hydroxyl groups excluding tert-OH is 2. The molecule has 1 atom stereocenters. The molecule has 0 aromatic heterocycles. The highest BCUT2D eigenvalue weighted by Crippen LogP contribution is 2.20. The molecule has 1 unspecified atom stereocenters. The first-order chi connectivity index (χ1) is 8.49. The summed E-state index contributed by atoms with van der Waals surface area (Å²) in [6, 6.07) is 0. The van der Waals surface area contributed by atoms with Crippen molar-refractivity contribution in [3.8, 4) is 0 Å². The number of carbonyl (C=O) groups is 2. The fourth-order valence-electron chi connectivity index (χ4n) is 0.771. The van der Waals surface area contributed by atoms with Crippen LogP contribution in [0.3, 0.4) is 0 Å². The maximum absolute atomic E-state index is 9.29. The van der Waals surface area contributed by atoms with Crippen molar-refractivity contribution >= 4 is 45.6 Å². The molecule has 0 amide bonds. The van der Waals surface area contributed by atoms with Crippen LogP contribution in [0.1, 0.15) is 27.2 Å². The zero-order valence-corrected chi connectivity index (χ0v) is 13.8. The molecule has 0 saturated heterocycles. The molecule has 0 fully saturated rings. The van der Waals surface area contributed by atoms with E-state index >= 15 is 0 Å². The summed E-state index contributed by atoms with van der Waals surface area (Å²) in [6.45, 7) is 5.97. The number of rotatable bonds is 4. The molecule has 0 aromatic rings. The van der Waals surface area contributed by atoms with Gasteiger partial charge in [0.1, 0.15) is 0 Å². The van der Waals surface area contributed by atoms with Gasteiger partial charge in [0.25, 0.3) is 0 Å². The molecule has 0 bridgehead atoms. The van der Waals surface area contributed by atoms with E-state index in [1.54, 1.807) is 0 Å². The smallest absolute Gasteiger partial charge is 0.313 e. The topological polar surface area (TPSA) is 115 Å². The fraction of sp³-hybridized carbons (Fsp3) is 0.818. The molecule has 119 valence electrons. The lowest BCUT2D eigenvalue weighted by Gasteiger charge is -2.20. The van der Waals surface area contributed by atoms with Crippen LogP contribution >= 0.6 is 25.3 Å². The second-order valence-electron chi connectivity index (χ2n) is 4.70. The quantitative estimate of drug-likeness (QED) is 0.329. The Balaban J connectivity index is -0.000000101. The van der Waals surface area contributed by atoms with Gasteiger partial charge in [-0.15, -0.1) is 0 Å². The van der Waals surface area contributed by atoms with Crippen molar-refractivity contribution < 1.29 is 30.0 Å². The Labute approximate surface area is 133 Å². The van der Waals surface area contributed by atoms with E-state index in [1.165, 1.54) is 0 Å². The summed E-state index contributed by atoms with van der Waals surface area (Å²) < 4.78 is 0. The van der Waals surface area contributed by atoms with Gasteiger partial charge >= 0.3 is 11.9 Å². The average molecular weight is 327 g/mol. The Morgan fingerprint density at radius 1 is 1.05 bits per heavy atom. The van der Waals surface area contributed by atoms with Crippen molar-refractivity contribution in [3.05, 3.63) is 0 Å². The first-order valence-corrected chi connectivity index (χ1v) is 6.70. The summed E-state index contributed by atoms with van der Waals surface area (Å²) in [7, 11) is 0. The lowest BCUT2D eigenvalue weighted by atomic mass is 9.89. The maximum Gasteiger partial charge on any atom is 0.313 e. The Morgan fingerprint density at radius 3 is 1.35 bits per heavy atom. The highest BCUT2D eigenvalue weighted by molar-refractivity contribution is 7.81. The van der Waals surface area contributed by atoms with Crippen molar-refractivity contribution in [1.29, 1.82) is 0 Å². The largest absolute Gasteiger partial charge is 0.481 e. The second kappa shape index (κ2) is 16.7. The van der Waals surface area contributed by atoms with Gasteiger partial charge in [-0.3, -0.25) is 9.59 Å². The van der Waals surface area contributed by atoms with Gasteiger partial charge in [-0.2, -0.15) is 25.3 Å². The van der Waals surface area contributed by atoms with Crippen molar-refractivity contribution in [3.63, 3.8) is 0 Å². The van der Waals surface area contributed by atoms with Gasteiger partial charge in [-0.25, -0.2) is 0 Å². The molecule has 0 aliphatic carbocycles. The van der Waals surface area contributed by atoms with E-state index in [0.29, 0.717) is 6.42 Å². The number of hydrogen-bond donors (Lipinski definition) is 6. The summed E-state index contributed by atoms with van der Waals surface area (Å²) in [4.78, 5) is 18.6. The minimum Gasteiger partial charge on any atom is -0.481 e. The monoisotopic (exact) mass is 327 g/mol. The fourth-order valence-corrected chi connectivity index (χ4v) is 0.771. The maximum atomic E-state index is 9.29. The molecule has 0 heterocycles. The third-order valence-electron chi connectivity index (χ3n) is 1.33. The predicted molar refractivity (Wildman–Crippen MR) is 85.9 cm³/mol. The molecule has 20 heavy (non-hydrogen) atoms. The van der Waals surface area contributed by atoms with E-state index in [0.717, 1.165) is 0 Å². The van der Waals surface area contributed by atoms with E-state index in [-0.39, 0.29) is 31.9 Å². The van der Waals surface area contributed by atoms with Crippen LogP contribution in [0.4, 0.5) is 0 Å². The molecule has 0 saturated carbocycles. The summed E-state index contributed by atoms with van der Waals surface area (Å²) in [6.07, 6.45) is 0.105. The molecule has 3 radical (unpaired) electrons. The Hall–Kier alpha value is -0.375. The summed E-state index contributed by atoms with van der Waals surface area (Å²) in [5.41, 5.74) is 0.113. The highest BCUT2D eigenvalue weighted by Gasteiger charge is 2.15. The number of aliphatic hydroxyl groups is 2. The van der Waals surface area contributed by atoms with Crippen LogP contribution in [0.25, 0.3) is 0 Å². The van der Waals surface area contributed by atoms with Gasteiger partial charge in [0.05, 0.1) is 24.2 Å². The first kappa shape index (κ1) is 27.9. The normalized spacial score (nSPS) is 10.8. The standard InChI is InChI=1S/C7H16O2.2C2H4O2S.B/c1-7(2,3)4-6(9)5-8;2*3-2(4)1-5;/h6,8-9H,4-5H2,1-3H3;2*5H,1H2,(H,3,4);. The summed E-state index contributed by atoms with van der Waals surface area (Å²) in [5.74, 6) is -1.93. The predicted octanol–water partition coefficient (Wildman–Crippen LogP) is 0.397. The third-order valence-corrected chi connectivity index (χ3v) is 1.87. The van der Waals surface area contributed by atoms with Gasteiger partial charge in [0.15, 0.2) is 0 Å². The van der Waals surface area contributed by atoms with Crippen LogP contribution in [0.15, 0.2) is 0 Å². The van der Waals surface area contributed by atoms with Crippen molar-refractivity contribution in [2.45, 2.75) is 33.3 Å². The number of hydrogen-bond acceptors (Lipinski definition) is 6. The minimum absolute atomic E-state index is 0. The average Bonchev–Trinajstić information content (AvgIpc) is 2.28. The summed E-state index contributed by atoms with van der Waals surface area (Å²) >= 11 is 6.83. The molecule has 0 spiro atoms. The Kier molecular flexibility index (Phi) is 23.3. The van der Waals surface area contributed by atoms with Crippen LogP contribution in [-0.2, 0) is 9.59 Å². The minimum atomic E-state index is -0.881. The first-order valence-electron chi connectivity index (χ1n) is 5.44. The van der Waals surface area contributed by atoms with E-state index in [4.69, 9.17) is 20.4 Å². The highest BCUT2D eigenvalue weighted by atomic mass is 32.1. The molecule has 0 aliphatic heterocycles. The van der Waals surface area contributed by atoms with E-state index in [2.05, 4.69) is 25.3 Å². The summed E-state index contributed by atoms with van der Waals surface area (Å²) in [5, 5.41) is 32.7. The van der Waals surface area contributed by atoms with E-state index in [9.17, 15) is 9.59 Å². The van der Waals surface area contributed by atoms with Crippen LogP contribution < -0.4 is 0 Å². The van der Waals surface area contributed by atoms with Crippen LogP contribution in [0.2, 0.25) is 0 Å². The van der Waals surface area contributed by atoms with Crippen LogP contribution in [0, 0.1) is 5.41 Å². The van der Waals surface area contributed by atoms with Gasteiger partial charge in [0, 0.05) is 8.41 Å². The second-order valence-corrected chi connectivity index (χ2v) is 5.34. The molecular formula is C11H24BO6S2. The lowest BCUT2D eigenvalue weighted by Crippen LogP contribution is -2.20. The molecule has 0 aromatic carbocycles. The van der Waals surface area contributed by atoms with Crippen LogP contribution in [0.5, 0.6) is 0 Å². The molecule has 0 rings (SSSR count). The Morgan fingerprint density at radius 2 is 1.30 bits per heavy atom. The van der Waals surface area contributed by atoms with Gasteiger partial charge in [0.2, 0.25) is 0 Å². The van der Waals surface area contributed by atoms with Crippen molar-refractivity contribution in [2.24, 2.45) is 5.41 Å². The van der Waals surface area contributed by atoms with Gasteiger partial charge in [-0.1, -0.05) is 20.8 Å². The van der Waals surface area contributed by atoms with Crippen molar-refractivity contribution in [2.75, 3.05) is 18.1 Å². The molecule has 4 N–H and O–H groups in total. The molecule has 9 heteroatoms. The number of carboxylic acids is 2. The van der Waals surface area contributed by atoms with Crippen LogP contribution in [-0.4, -0.2) is 65.0 Å². The lowest BCUT2D eigenvalue weighted by molar-refractivity contribution is -0.134. The third kappa shape index (κ3) is 43.2. The zero-order valence-electron chi connectivity index (χ0n) is 12.0. The zero-order chi connectivity index (χ0) is 16.1. The number of carboxylic acid groups (broad SMARTS) is 2. The number of thiol groups is 2. The Bertz CT molecular complexity index is 232. The van der Waals surface area contributed by atoms with Gasteiger partial charge in [-0.05, 0) is 11.8 Å².